The van der Waals surface area contributed by atoms with Gasteiger partial charge in [-0.2, -0.15) is 0 Å². The number of hydrogen-bond donors (Lipinski definition) is 1. The van der Waals surface area contributed by atoms with Crippen LogP contribution >= 0.6 is 12.4 Å². The van der Waals surface area contributed by atoms with Crippen LogP contribution in [-0.4, -0.2) is 39.5 Å². The maximum atomic E-state index is 12.9. The first-order valence-corrected chi connectivity index (χ1v) is 10.2. The Kier molecular flexibility index (Phi) is 6.93. The van der Waals surface area contributed by atoms with Crippen LogP contribution in [0.5, 0.6) is 0 Å². The van der Waals surface area contributed by atoms with Crippen molar-refractivity contribution in [3.63, 3.8) is 0 Å². The SMILES string of the molecule is CC(N)C1CCCN(C(=O)CCc2nc3ccccc3n2-c2ccccc2)C1.Cl. The fourth-order valence-corrected chi connectivity index (χ4v) is 4.15. The number of aryl methyl sites for hydroxylation is 1. The number of piperidine rings is 1. The number of carbonyl (C=O) groups excluding carboxylic acids is 1. The van der Waals surface area contributed by atoms with Gasteiger partial charge in [0.2, 0.25) is 5.91 Å². The number of likely N-dealkylation sites (tertiary alicyclic amines) is 1. The first-order chi connectivity index (χ1) is 13.6. The quantitative estimate of drug-likeness (QED) is 0.689. The lowest BCUT2D eigenvalue weighted by molar-refractivity contribution is -0.133. The highest BCUT2D eigenvalue weighted by Crippen LogP contribution is 2.23. The lowest BCUT2D eigenvalue weighted by Crippen LogP contribution is -2.45. The molecule has 0 aliphatic carbocycles. The van der Waals surface area contributed by atoms with Crippen molar-refractivity contribution in [3.8, 4) is 5.69 Å². The number of carbonyl (C=O) groups is 1. The standard InChI is InChI=1S/C23H28N4O.ClH/c1-17(24)18-8-7-15-26(16-18)23(28)14-13-22-25-20-11-5-6-12-21(20)27(22)19-9-3-2-4-10-19;/h2-6,9-12,17-18H,7-8,13-16,24H2,1H3;1H. The molecule has 5 nitrogen and oxygen atoms in total. The summed E-state index contributed by atoms with van der Waals surface area (Å²) in [6.45, 7) is 3.67. The molecule has 2 unspecified atom stereocenters. The van der Waals surface area contributed by atoms with Gasteiger partial charge in [0.25, 0.3) is 0 Å². The number of para-hydroxylation sites is 3. The molecular weight excluding hydrogens is 384 g/mol. The van der Waals surface area contributed by atoms with E-state index in [0.717, 1.165) is 48.5 Å². The Balaban J connectivity index is 0.00000240. The smallest absolute Gasteiger partial charge is 0.223 e. The summed E-state index contributed by atoms with van der Waals surface area (Å²) in [5.41, 5.74) is 9.18. The van der Waals surface area contributed by atoms with E-state index in [9.17, 15) is 4.79 Å². The second-order valence-corrected chi connectivity index (χ2v) is 7.79. The molecule has 0 spiro atoms. The minimum absolute atomic E-state index is 0. The number of halogens is 1. The Hall–Kier alpha value is -2.37. The van der Waals surface area contributed by atoms with Crippen LogP contribution in [0.2, 0.25) is 0 Å². The van der Waals surface area contributed by atoms with Crippen molar-refractivity contribution in [1.82, 2.24) is 14.5 Å². The van der Waals surface area contributed by atoms with Gasteiger partial charge in [-0.15, -0.1) is 12.4 Å². The molecule has 29 heavy (non-hydrogen) atoms. The van der Waals surface area contributed by atoms with Gasteiger partial charge in [0.05, 0.1) is 11.0 Å². The Morgan fingerprint density at radius 2 is 1.90 bits per heavy atom. The third-order valence-electron chi connectivity index (χ3n) is 5.76. The number of benzene rings is 2. The Morgan fingerprint density at radius 1 is 1.17 bits per heavy atom. The van der Waals surface area contributed by atoms with Crippen LogP contribution in [-0.2, 0) is 11.2 Å². The number of fused-ring (bicyclic) bond motifs is 1. The highest BCUT2D eigenvalue weighted by Gasteiger charge is 2.26. The topological polar surface area (TPSA) is 64.2 Å². The summed E-state index contributed by atoms with van der Waals surface area (Å²) in [6, 6.07) is 18.5. The lowest BCUT2D eigenvalue weighted by atomic mass is 9.92. The van der Waals surface area contributed by atoms with Crippen molar-refractivity contribution in [2.45, 2.75) is 38.6 Å². The molecule has 1 aliphatic heterocycles. The lowest BCUT2D eigenvalue weighted by Gasteiger charge is -2.34. The molecule has 1 aromatic heterocycles. The second kappa shape index (κ2) is 9.42. The maximum absolute atomic E-state index is 12.9. The van der Waals surface area contributed by atoms with Crippen molar-refractivity contribution >= 4 is 29.3 Å². The summed E-state index contributed by atoms with van der Waals surface area (Å²) in [5.74, 6) is 1.55. The van der Waals surface area contributed by atoms with Crippen LogP contribution in [0.1, 0.15) is 32.0 Å². The van der Waals surface area contributed by atoms with Crippen LogP contribution in [0.3, 0.4) is 0 Å². The molecule has 2 heterocycles. The summed E-state index contributed by atoms with van der Waals surface area (Å²) in [5, 5.41) is 0. The third-order valence-corrected chi connectivity index (χ3v) is 5.76. The number of hydrogen-bond acceptors (Lipinski definition) is 3. The van der Waals surface area contributed by atoms with Gasteiger partial charge in [-0.1, -0.05) is 30.3 Å². The summed E-state index contributed by atoms with van der Waals surface area (Å²) >= 11 is 0. The molecule has 0 saturated carbocycles. The summed E-state index contributed by atoms with van der Waals surface area (Å²) in [6.07, 6.45) is 3.26. The van der Waals surface area contributed by atoms with E-state index in [2.05, 4.69) is 22.8 Å². The van der Waals surface area contributed by atoms with Gasteiger partial charge >= 0.3 is 0 Å². The van der Waals surface area contributed by atoms with E-state index in [1.807, 2.05) is 48.2 Å². The molecule has 2 N–H and O–H groups in total. The van der Waals surface area contributed by atoms with Gasteiger partial charge in [-0.25, -0.2) is 4.98 Å². The molecule has 2 atom stereocenters. The molecule has 2 aromatic carbocycles. The minimum atomic E-state index is 0. The van der Waals surface area contributed by atoms with Crippen molar-refractivity contribution in [1.29, 1.82) is 0 Å². The van der Waals surface area contributed by atoms with E-state index in [-0.39, 0.29) is 24.4 Å². The first-order valence-electron chi connectivity index (χ1n) is 10.2. The molecule has 0 bridgehead atoms. The number of nitrogens with two attached hydrogens (primary N) is 1. The van der Waals surface area contributed by atoms with Crippen LogP contribution in [0.25, 0.3) is 16.7 Å². The summed E-state index contributed by atoms with van der Waals surface area (Å²) in [4.78, 5) is 19.7. The fourth-order valence-electron chi connectivity index (χ4n) is 4.15. The zero-order valence-corrected chi connectivity index (χ0v) is 17.6. The molecule has 3 aromatic rings. The van der Waals surface area contributed by atoms with Gasteiger partial charge in [-0.3, -0.25) is 9.36 Å². The fraction of sp³-hybridized carbons (Fsp3) is 0.391. The van der Waals surface area contributed by atoms with Crippen LogP contribution in [0.15, 0.2) is 54.6 Å². The molecule has 6 heteroatoms. The van der Waals surface area contributed by atoms with Crippen molar-refractivity contribution in [2.24, 2.45) is 11.7 Å². The van der Waals surface area contributed by atoms with E-state index in [0.29, 0.717) is 18.8 Å². The predicted octanol–water partition coefficient (Wildman–Crippen LogP) is 3.97. The number of nitrogens with zero attached hydrogens (tertiary/aromatic N) is 3. The molecule has 4 rings (SSSR count). The monoisotopic (exact) mass is 412 g/mol. The normalized spacial score (nSPS) is 17.7. The van der Waals surface area contributed by atoms with Crippen molar-refractivity contribution < 1.29 is 4.79 Å². The largest absolute Gasteiger partial charge is 0.342 e. The Labute approximate surface area is 178 Å². The van der Waals surface area contributed by atoms with Crippen molar-refractivity contribution in [2.75, 3.05) is 13.1 Å². The number of aromatic nitrogens is 2. The molecule has 154 valence electrons. The van der Waals surface area contributed by atoms with Crippen molar-refractivity contribution in [3.05, 3.63) is 60.4 Å². The average molecular weight is 413 g/mol. The highest BCUT2D eigenvalue weighted by molar-refractivity contribution is 5.85. The predicted molar refractivity (Wildman–Crippen MR) is 120 cm³/mol. The van der Waals surface area contributed by atoms with Gasteiger partial charge < -0.3 is 10.6 Å². The Morgan fingerprint density at radius 3 is 2.66 bits per heavy atom. The minimum Gasteiger partial charge on any atom is -0.342 e. The van der Waals surface area contributed by atoms with Gasteiger partial charge in [0.15, 0.2) is 0 Å². The molecule has 1 amide bonds. The second-order valence-electron chi connectivity index (χ2n) is 7.79. The average Bonchev–Trinajstić information content (AvgIpc) is 3.11. The summed E-state index contributed by atoms with van der Waals surface area (Å²) < 4.78 is 2.17. The van der Waals surface area contributed by atoms with Gasteiger partial charge in [0.1, 0.15) is 5.82 Å². The Bertz CT molecular complexity index is 954. The van der Waals surface area contributed by atoms with E-state index in [4.69, 9.17) is 10.7 Å². The zero-order valence-electron chi connectivity index (χ0n) is 16.8. The molecule has 1 fully saturated rings. The maximum Gasteiger partial charge on any atom is 0.223 e. The third kappa shape index (κ3) is 4.62. The zero-order chi connectivity index (χ0) is 19.5. The summed E-state index contributed by atoms with van der Waals surface area (Å²) in [7, 11) is 0. The van der Waals surface area contributed by atoms with Crippen LogP contribution < -0.4 is 5.73 Å². The van der Waals surface area contributed by atoms with E-state index in [1.54, 1.807) is 0 Å². The molecule has 1 aliphatic rings. The number of amides is 1. The van der Waals surface area contributed by atoms with Crippen LogP contribution in [0, 0.1) is 5.92 Å². The van der Waals surface area contributed by atoms with E-state index < -0.39 is 0 Å². The van der Waals surface area contributed by atoms with E-state index >= 15 is 0 Å². The molecule has 1 saturated heterocycles. The number of rotatable bonds is 5. The first kappa shape index (κ1) is 21.3. The van der Waals surface area contributed by atoms with Gasteiger partial charge in [-0.05, 0) is 49.9 Å². The molecular formula is C23H29ClN4O. The highest BCUT2D eigenvalue weighted by atomic mass is 35.5. The van der Waals surface area contributed by atoms with Gasteiger partial charge in [0, 0.05) is 37.7 Å². The van der Waals surface area contributed by atoms with Crippen LogP contribution in [0.4, 0.5) is 0 Å². The van der Waals surface area contributed by atoms with E-state index in [1.165, 1.54) is 0 Å². The molecule has 0 radical (unpaired) electrons. The number of imidazole rings is 1.